The Kier molecular flexibility index (Phi) is 53.9. The second-order valence-corrected chi connectivity index (χ2v) is 28.1. The smallest absolute Gasteiger partial charge is 0.462 e. The molecule has 0 aliphatic carbocycles. The Balaban J connectivity index is 5.25. The van der Waals surface area contributed by atoms with Crippen molar-refractivity contribution in [3.63, 3.8) is 0 Å². The van der Waals surface area contributed by atoms with Gasteiger partial charge in [0.05, 0.1) is 26.4 Å². The van der Waals surface area contributed by atoms with Gasteiger partial charge in [0.15, 0.2) is 12.2 Å². The molecular weight excluding hydrogens is 1110 g/mol. The maximum atomic E-state index is 13.0. The molecule has 0 aliphatic rings. The molecule has 0 saturated heterocycles. The summed E-state index contributed by atoms with van der Waals surface area (Å²) in [6.07, 6.45) is 35.0. The van der Waals surface area contributed by atoms with E-state index < -0.39 is 97.5 Å². The van der Waals surface area contributed by atoms with Gasteiger partial charge in [-0.2, -0.15) is 0 Å². The summed E-state index contributed by atoms with van der Waals surface area (Å²) in [5.74, 6) is 0.750. The maximum Gasteiger partial charge on any atom is 0.472 e. The summed E-state index contributed by atoms with van der Waals surface area (Å²) in [4.78, 5) is 72.2. The van der Waals surface area contributed by atoms with Gasteiger partial charge in [-0.3, -0.25) is 37.3 Å². The van der Waals surface area contributed by atoms with Crippen LogP contribution in [0.1, 0.15) is 312 Å². The molecule has 0 saturated carbocycles. The fourth-order valence-corrected chi connectivity index (χ4v) is 11.2. The van der Waals surface area contributed by atoms with Crippen LogP contribution in [0.4, 0.5) is 0 Å². The highest BCUT2D eigenvalue weighted by molar-refractivity contribution is 7.47. The largest absolute Gasteiger partial charge is 0.472 e. The van der Waals surface area contributed by atoms with Gasteiger partial charge in [0.25, 0.3) is 0 Å². The van der Waals surface area contributed by atoms with Crippen molar-refractivity contribution in [1.29, 1.82) is 0 Å². The average molecular weight is 1240 g/mol. The quantitative estimate of drug-likeness (QED) is 0.0222. The van der Waals surface area contributed by atoms with Gasteiger partial charge in [-0.15, -0.1) is 0 Å². The number of carbonyl (C=O) groups is 4. The number of aliphatic hydroxyl groups excluding tert-OH is 1. The van der Waals surface area contributed by atoms with Crippen molar-refractivity contribution in [3.05, 3.63) is 0 Å². The number of rotatable bonds is 62. The summed E-state index contributed by atoms with van der Waals surface area (Å²) in [5.41, 5.74) is 0. The van der Waals surface area contributed by atoms with Crippen LogP contribution in [0.25, 0.3) is 0 Å². The van der Waals surface area contributed by atoms with Crippen LogP contribution in [-0.2, 0) is 65.4 Å². The van der Waals surface area contributed by atoms with E-state index in [4.69, 9.17) is 37.0 Å². The molecule has 0 spiro atoms. The standard InChI is InChI=1S/C65H126O17P2/c1-9-58(8)44-36-28-22-24-30-38-46-63(68)76-52-61(82-65(70)48-40-32-23-21-27-35-43-57(6)7)54-80-84(73,74)78-50-59(66)49-77-83(71,72)79-53-60(51-75-62(67)45-37-29-19-16-15-18-26-34-42-56(4)5)81-64(69)47-39-31-20-14-12-10-11-13-17-25-33-41-55(2)3/h55-61,66H,9-54H2,1-8H3,(H,71,72)(H,73,74)/t58?,59?,60-,61-/m1/s1. The van der Waals surface area contributed by atoms with E-state index in [0.717, 1.165) is 114 Å². The lowest BCUT2D eigenvalue weighted by Crippen LogP contribution is -2.30. The van der Waals surface area contributed by atoms with Crippen LogP contribution in [-0.4, -0.2) is 96.7 Å². The monoisotopic (exact) mass is 1240 g/mol. The Bertz CT molecular complexity index is 1680. The zero-order valence-corrected chi connectivity index (χ0v) is 56.3. The van der Waals surface area contributed by atoms with Crippen molar-refractivity contribution >= 4 is 39.5 Å². The normalized spacial score (nSPS) is 14.7. The zero-order chi connectivity index (χ0) is 62.5. The van der Waals surface area contributed by atoms with Gasteiger partial charge in [-0.05, 0) is 49.4 Å². The van der Waals surface area contributed by atoms with E-state index in [-0.39, 0.29) is 25.7 Å². The van der Waals surface area contributed by atoms with Crippen LogP contribution < -0.4 is 0 Å². The number of hydrogen-bond acceptors (Lipinski definition) is 15. The molecule has 0 aromatic rings. The van der Waals surface area contributed by atoms with Gasteiger partial charge >= 0.3 is 39.5 Å². The summed E-state index contributed by atoms with van der Waals surface area (Å²) in [5, 5.41) is 10.5. The van der Waals surface area contributed by atoms with Crippen LogP contribution in [0.2, 0.25) is 0 Å². The SMILES string of the molecule is CCC(C)CCCCCCCCC(=O)OC[C@H](COP(=O)(O)OCC(O)COP(=O)(O)OC[C@@H](COC(=O)CCCCCCCCCCC(C)C)OC(=O)CCCCCCCCCCCCCC(C)C)OC(=O)CCCCCCCCC(C)C. The highest BCUT2D eigenvalue weighted by Crippen LogP contribution is 2.45. The lowest BCUT2D eigenvalue weighted by molar-refractivity contribution is -0.161. The summed E-state index contributed by atoms with van der Waals surface area (Å²) < 4.78 is 68.0. The van der Waals surface area contributed by atoms with Crippen molar-refractivity contribution in [1.82, 2.24) is 0 Å². The van der Waals surface area contributed by atoms with E-state index in [9.17, 15) is 43.2 Å². The topological polar surface area (TPSA) is 237 Å². The van der Waals surface area contributed by atoms with Crippen molar-refractivity contribution in [3.8, 4) is 0 Å². The second-order valence-electron chi connectivity index (χ2n) is 25.2. The second kappa shape index (κ2) is 55.2. The number of phosphoric acid groups is 2. The van der Waals surface area contributed by atoms with Gasteiger partial charge in [0.1, 0.15) is 19.3 Å². The minimum Gasteiger partial charge on any atom is -0.462 e. The van der Waals surface area contributed by atoms with Gasteiger partial charge in [-0.1, -0.05) is 261 Å². The van der Waals surface area contributed by atoms with E-state index in [1.54, 1.807) is 0 Å². The van der Waals surface area contributed by atoms with Crippen molar-refractivity contribution in [2.24, 2.45) is 23.7 Å². The first kappa shape index (κ1) is 82.1. The van der Waals surface area contributed by atoms with Crippen LogP contribution in [0.15, 0.2) is 0 Å². The molecular formula is C65H126O17P2. The van der Waals surface area contributed by atoms with E-state index >= 15 is 0 Å². The van der Waals surface area contributed by atoms with Crippen LogP contribution in [0.5, 0.6) is 0 Å². The number of aliphatic hydroxyl groups is 1. The van der Waals surface area contributed by atoms with Gasteiger partial charge in [0.2, 0.25) is 0 Å². The van der Waals surface area contributed by atoms with Crippen LogP contribution >= 0.6 is 15.6 Å². The first-order chi connectivity index (χ1) is 40.1. The molecule has 17 nitrogen and oxygen atoms in total. The van der Waals surface area contributed by atoms with Crippen molar-refractivity contribution < 1.29 is 80.2 Å². The first-order valence-corrected chi connectivity index (χ1v) is 36.7. The predicted octanol–water partition coefficient (Wildman–Crippen LogP) is 17.8. The minimum atomic E-state index is -4.95. The molecule has 6 atom stereocenters. The molecule has 0 heterocycles. The maximum absolute atomic E-state index is 13.0. The zero-order valence-electron chi connectivity index (χ0n) is 54.5. The van der Waals surface area contributed by atoms with Crippen molar-refractivity contribution in [2.45, 2.75) is 331 Å². The van der Waals surface area contributed by atoms with Gasteiger partial charge in [-0.25, -0.2) is 9.13 Å². The highest BCUT2D eigenvalue weighted by atomic mass is 31.2. The summed E-state index contributed by atoms with van der Waals surface area (Å²) in [6, 6.07) is 0. The molecule has 0 aliphatic heterocycles. The van der Waals surface area contributed by atoms with E-state index in [2.05, 4.69) is 55.4 Å². The lowest BCUT2D eigenvalue weighted by atomic mass is 10.00. The fourth-order valence-electron chi connectivity index (χ4n) is 9.57. The molecule has 0 aromatic carbocycles. The molecule has 4 unspecified atom stereocenters. The molecule has 0 aromatic heterocycles. The molecule has 84 heavy (non-hydrogen) atoms. The van der Waals surface area contributed by atoms with Gasteiger partial charge < -0.3 is 33.8 Å². The first-order valence-electron chi connectivity index (χ1n) is 33.7. The Hall–Kier alpha value is -1.94. The fraction of sp³-hybridized carbons (Fsp3) is 0.938. The lowest BCUT2D eigenvalue weighted by Gasteiger charge is -2.21. The van der Waals surface area contributed by atoms with Crippen LogP contribution in [0, 0.1) is 23.7 Å². The molecule has 0 radical (unpaired) electrons. The molecule has 19 heteroatoms. The highest BCUT2D eigenvalue weighted by Gasteiger charge is 2.30. The third-order valence-electron chi connectivity index (χ3n) is 15.2. The third kappa shape index (κ3) is 57.8. The Labute approximate surface area is 511 Å². The van der Waals surface area contributed by atoms with Crippen LogP contribution in [0.3, 0.4) is 0 Å². The number of phosphoric ester groups is 2. The number of carbonyl (C=O) groups excluding carboxylic acids is 4. The number of ether oxygens (including phenoxy) is 4. The Morgan fingerprint density at radius 1 is 0.333 bits per heavy atom. The van der Waals surface area contributed by atoms with E-state index in [1.807, 2.05) is 0 Å². The molecule has 0 fully saturated rings. The van der Waals surface area contributed by atoms with Crippen molar-refractivity contribution in [2.75, 3.05) is 39.6 Å². The van der Waals surface area contributed by atoms with E-state index in [0.29, 0.717) is 31.6 Å². The number of hydrogen-bond donors (Lipinski definition) is 3. The summed E-state index contributed by atoms with van der Waals surface area (Å²) >= 11 is 0. The number of unbranched alkanes of at least 4 members (excludes halogenated alkanes) is 27. The Morgan fingerprint density at radius 3 is 0.845 bits per heavy atom. The average Bonchev–Trinajstić information content (AvgIpc) is 3.55. The van der Waals surface area contributed by atoms with Gasteiger partial charge in [0, 0.05) is 25.7 Å². The number of esters is 4. The summed E-state index contributed by atoms with van der Waals surface area (Å²) in [7, 11) is -9.89. The van der Waals surface area contributed by atoms with E-state index in [1.165, 1.54) is 109 Å². The molecule has 498 valence electrons. The molecule has 0 bridgehead atoms. The third-order valence-corrected chi connectivity index (χ3v) is 17.1. The Morgan fingerprint density at radius 2 is 0.571 bits per heavy atom. The molecule has 0 rings (SSSR count). The summed E-state index contributed by atoms with van der Waals surface area (Å²) in [6.45, 7) is 13.9. The molecule has 3 N–H and O–H groups in total. The predicted molar refractivity (Wildman–Crippen MR) is 335 cm³/mol. The molecule has 0 amide bonds. The minimum absolute atomic E-state index is 0.101.